The molecule has 1 aromatic heterocycles. The highest BCUT2D eigenvalue weighted by Crippen LogP contribution is 2.41. The zero-order chi connectivity index (χ0) is 20.5. The molecule has 7 nitrogen and oxygen atoms in total. The van der Waals surface area contributed by atoms with Gasteiger partial charge in [0.15, 0.2) is 0 Å². The third kappa shape index (κ3) is 3.75. The molecule has 1 N–H and O–H groups in total. The minimum absolute atomic E-state index is 0.0997. The molecule has 1 unspecified atom stereocenters. The molecule has 2 heterocycles. The lowest BCUT2D eigenvalue weighted by Gasteiger charge is -2.28. The van der Waals surface area contributed by atoms with E-state index in [2.05, 4.69) is 36.8 Å². The Morgan fingerprint density at radius 2 is 1.93 bits per heavy atom. The van der Waals surface area contributed by atoms with Crippen molar-refractivity contribution in [1.29, 1.82) is 0 Å². The summed E-state index contributed by atoms with van der Waals surface area (Å²) < 4.78 is 7.93. The van der Waals surface area contributed by atoms with Crippen molar-refractivity contribution < 1.29 is 9.53 Å². The first kappa shape index (κ1) is 19.9. The number of hydrogen-bond acceptors (Lipinski definition) is 6. The number of allylic oxidation sites excluding steroid dienone is 1. The highest BCUT2D eigenvalue weighted by molar-refractivity contribution is 9.10. The molecule has 1 aliphatic heterocycles. The summed E-state index contributed by atoms with van der Waals surface area (Å²) in [6, 6.07) is 11.9. The number of tetrazole rings is 1. The third-order valence-electron chi connectivity index (χ3n) is 4.52. The highest BCUT2D eigenvalue weighted by Gasteiger charge is 2.37. The Bertz CT molecular complexity index is 1110. The third-order valence-corrected chi connectivity index (χ3v) is 5.96. The predicted octanol–water partition coefficient (Wildman–Crippen LogP) is 4.77. The summed E-state index contributed by atoms with van der Waals surface area (Å²) in [5.74, 6) is -0.140. The molecule has 0 amide bonds. The van der Waals surface area contributed by atoms with Gasteiger partial charge in [0.2, 0.25) is 5.95 Å². The molecule has 0 bridgehead atoms. The summed E-state index contributed by atoms with van der Waals surface area (Å²) in [6.07, 6.45) is 0. The van der Waals surface area contributed by atoms with Crippen molar-refractivity contribution in [2.45, 2.75) is 19.6 Å². The first-order valence-corrected chi connectivity index (χ1v) is 10.1. The topological polar surface area (TPSA) is 81.9 Å². The number of fused-ring (bicyclic) bond motifs is 1. The quantitative estimate of drug-likeness (QED) is 0.526. The largest absolute Gasteiger partial charge is 0.457 e. The average Bonchev–Trinajstić information content (AvgIpc) is 3.15. The van der Waals surface area contributed by atoms with Gasteiger partial charge < -0.3 is 10.1 Å². The molecule has 148 valence electrons. The second-order valence-electron chi connectivity index (χ2n) is 6.32. The maximum Gasteiger partial charge on any atom is 0.338 e. The van der Waals surface area contributed by atoms with Crippen LogP contribution in [0.3, 0.4) is 0 Å². The van der Waals surface area contributed by atoms with Crippen LogP contribution >= 0.6 is 39.1 Å². The van der Waals surface area contributed by atoms with Crippen molar-refractivity contribution in [2.75, 3.05) is 5.32 Å². The van der Waals surface area contributed by atoms with Gasteiger partial charge in [-0.25, -0.2) is 4.79 Å². The van der Waals surface area contributed by atoms with Crippen LogP contribution in [0.5, 0.6) is 0 Å². The van der Waals surface area contributed by atoms with Crippen molar-refractivity contribution >= 4 is 51.0 Å². The Kier molecular flexibility index (Phi) is 5.58. The average molecular weight is 495 g/mol. The van der Waals surface area contributed by atoms with Crippen molar-refractivity contribution in [2.24, 2.45) is 0 Å². The number of aromatic nitrogens is 4. The molecule has 0 saturated carbocycles. The monoisotopic (exact) mass is 493 g/mol. The Hall–Kier alpha value is -2.42. The van der Waals surface area contributed by atoms with E-state index in [1.54, 1.807) is 25.1 Å². The number of benzene rings is 2. The summed E-state index contributed by atoms with van der Waals surface area (Å²) in [5.41, 5.74) is 2.26. The molecule has 3 aromatic rings. The second kappa shape index (κ2) is 8.14. The fourth-order valence-electron chi connectivity index (χ4n) is 3.15. The molecule has 4 rings (SSSR count). The van der Waals surface area contributed by atoms with Crippen LogP contribution in [0.1, 0.15) is 24.1 Å². The Morgan fingerprint density at radius 1 is 1.21 bits per heavy atom. The Morgan fingerprint density at radius 3 is 2.66 bits per heavy atom. The Balaban J connectivity index is 1.73. The number of esters is 1. The van der Waals surface area contributed by atoms with E-state index in [-0.39, 0.29) is 6.61 Å². The number of nitrogens with zero attached hydrogens (tertiary/aromatic N) is 4. The summed E-state index contributed by atoms with van der Waals surface area (Å²) in [5, 5.41) is 15.5. The number of ether oxygens (including phenoxy) is 1. The number of anilines is 1. The lowest BCUT2D eigenvalue weighted by Crippen LogP contribution is -2.30. The number of carbonyl (C=O) groups is 1. The van der Waals surface area contributed by atoms with Crippen molar-refractivity contribution in [3.63, 3.8) is 0 Å². The molecule has 0 aliphatic carbocycles. The number of hydrogen-bond donors (Lipinski definition) is 1. The van der Waals surface area contributed by atoms with Crippen LogP contribution in [0.25, 0.3) is 0 Å². The Labute approximate surface area is 184 Å². The van der Waals surface area contributed by atoms with Crippen LogP contribution in [0.4, 0.5) is 5.95 Å². The summed E-state index contributed by atoms with van der Waals surface area (Å²) >= 11 is 16.3. The number of halogens is 3. The van der Waals surface area contributed by atoms with Gasteiger partial charge in [-0.2, -0.15) is 4.68 Å². The molecule has 0 saturated heterocycles. The minimum atomic E-state index is -0.728. The van der Waals surface area contributed by atoms with E-state index < -0.39 is 12.0 Å². The summed E-state index contributed by atoms with van der Waals surface area (Å²) in [4.78, 5) is 13.1. The maximum atomic E-state index is 13.1. The molecule has 0 radical (unpaired) electrons. The standard InChI is InChI=1S/C19H14BrCl2N5O2/c1-10-15(18(28)29-9-11-5-2-3-6-12(11)20)17(27-19(23-10)24-25-26-27)16-13(21)7-4-8-14(16)22/h2-8,17H,9H2,1H3,(H,23,24,26). The second-order valence-corrected chi connectivity index (χ2v) is 7.98. The van der Waals surface area contributed by atoms with E-state index >= 15 is 0 Å². The highest BCUT2D eigenvalue weighted by atomic mass is 79.9. The molecule has 1 aliphatic rings. The van der Waals surface area contributed by atoms with Crippen LogP contribution in [0.15, 0.2) is 58.2 Å². The molecule has 10 heteroatoms. The van der Waals surface area contributed by atoms with Crippen LogP contribution in [-0.2, 0) is 16.1 Å². The lowest BCUT2D eigenvalue weighted by atomic mass is 9.95. The fourth-order valence-corrected chi connectivity index (χ4v) is 4.16. The van der Waals surface area contributed by atoms with Gasteiger partial charge in [-0.15, -0.1) is 0 Å². The van der Waals surface area contributed by atoms with Gasteiger partial charge in [-0.05, 0) is 35.5 Å². The lowest BCUT2D eigenvalue weighted by molar-refractivity contribution is -0.140. The van der Waals surface area contributed by atoms with E-state index in [1.807, 2.05) is 24.3 Å². The molecule has 0 fully saturated rings. The van der Waals surface area contributed by atoms with Crippen molar-refractivity contribution in [3.8, 4) is 0 Å². The summed E-state index contributed by atoms with van der Waals surface area (Å²) in [7, 11) is 0. The van der Waals surface area contributed by atoms with Gasteiger partial charge >= 0.3 is 5.97 Å². The van der Waals surface area contributed by atoms with Crippen LogP contribution < -0.4 is 5.32 Å². The number of rotatable bonds is 4. The van der Waals surface area contributed by atoms with Crippen LogP contribution in [-0.4, -0.2) is 26.2 Å². The number of carbonyl (C=O) groups excluding carboxylic acids is 1. The van der Waals surface area contributed by atoms with Gasteiger partial charge in [0.1, 0.15) is 12.6 Å². The van der Waals surface area contributed by atoms with Gasteiger partial charge in [-0.1, -0.05) is 68.5 Å². The van der Waals surface area contributed by atoms with Gasteiger partial charge in [-0.3, -0.25) is 0 Å². The van der Waals surface area contributed by atoms with Gasteiger partial charge in [0.25, 0.3) is 0 Å². The predicted molar refractivity (Wildman–Crippen MR) is 113 cm³/mol. The maximum absolute atomic E-state index is 13.1. The fraction of sp³-hybridized carbons (Fsp3) is 0.158. The smallest absolute Gasteiger partial charge is 0.338 e. The van der Waals surface area contributed by atoms with E-state index in [0.29, 0.717) is 32.8 Å². The van der Waals surface area contributed by atoms with E-state index in [1.165, 1.54) is 4.68 Å². The first-order chi connectivity index (χ1) is 14.0. The minimum Gasteiger partial charge on any atom is -0.457 e. The SMILES string of the molecule is CC1=C(C(=O)OCc2ccccc2Br)C(c2c(Cl)cccc2Cl)n2nnnc2N1. The molecular weight excluding hydrogens is 481 g/mol. The van der Waals surface area contributed by atoms with Crippen LogP contribution in [0.2, 0.25) is 10.0 Å². The first-order valence-electron chi connectivity index (χ1n) is 8.57. The van der Waals surface area contributed by atoms with E-state index in [0.717, 1.165) is 10.0 Å². The normalized spacial score (nSPS) is 15.7. The van der Waals surface area contributed by atoms with Gasteiger partial charge in [0.05, 0.1) is 5.57 Å². The van der Waals surface area contributed by atoms with Crippen molar-refractivity contribution in [3.05, 3.63) is 79.4 Å². The van der Waals surface area contributed by atoms with Crippen LogP contribution in [0, 0.1) is 0 Å². The van der Waals surface area contributed by atoms with Crippen molar-refractivity contribution in [1.82, 2.24) is 20.2 Å². The zero-order valence-corrected chi connectivity index (χ0v) is 18.2. The molecule has 0 spiro atoms. The number of nitrogens with one attached hydrogen (secondary N) is 1. The van der Waals surface area contributed by atoms with Gasteiger partial charge in [0, 0.05) is 31.3 Å². The molecular formula is C19H14BrCl2N5O2. The molecule has 2 aromatic carbocycles. The van der Waals surface area contributed by atoms with E-state index in [9.17, 15) is 4.79 Å². The summed E-state index contributed by atoms with van der Waals surface area (Å²) in [6.45, 7) is 1.85. The van der Waals surface area contributed by atoms with E-state index in [4.69, 9.17) is 27.9 Å². The zero-order valence-electron chi connectivity index (χ0n) is 15.1. The molecule has 29 heavy (non-hydrogen) atoms. The molecule has 1 atom stereocenters.